The fourth-order valence-corrected chi connectivity index (χ4v) is 2.69. The molecule has 1 unspecified atom stereocenters. The van der Waals surface area contributed by atoms with E-state index in [0.29, 0.717) is 12.6 Å². The van der Waals surface area contributed by atoms with Gasteiger partial charge in [0.1, 0.15) is 5.82 Å². The average molecular weight is 264 g/mol. The predicted octanol–water partition coefficient (Wildman–Crippen LogP) is 2.03. The molecule has 1 atom stereocenters. The topological polar surface area (TPSA) is 23.6 Å². The average Bonchev–Trinajstić information content (AvgIpc) is 2.76. The van der Waals surface area contributed by atoms with E-state index in [9.17, 15) is 9.18 Å². The predicted molar refractivity (Wildman–Crippen MR) is 73.9 cm³/mol. The molecule has 0 amide bonds. The van der Waals surface area contributed by atoms with Gasteiger partial charge in [-0.3, -0.25) is 9.69 Å². The summed E-state index contributed by atoms with van der Waals surface area (Å²) in [5.41, 5.74) is 0.206. The van der Waals surface area contributed by atoms with Crippen molar-refractivity contribution in [3.8, 4) is 0 Å². The second-order valence-corrected chi connectivity index (χ2v) is 5.43. The lowest BCUT2D eigenvalue weighted by molar-refractivity contribution is 0.0906. The van der Waals surface area contributed by atoms with Gasteiger partial charge in [0.25, 0.3) is 0 Å². The molecule has 1 saturated heterocycles. The molecule has 0 aliphatic carbocycles. The molecule has 1 aliphatic rings. The third-order valence-corrected chi connectivity index (χ3v) is 3.60. The molecule has 0 bridgehead atoms. The Balaban J connectivity index is 2.00. The van der Waals surface area contributed by atoms with E-state index < -0.39 is 5.82 Å². The number of likely N-dealkylation sites (N-methyl/N-ethyl adjacent to an activating group) is 1. The van der Waals surface area contributed by atoms with Crippen molar-refractivity contribution < 1.29 is 9.18 Å². The highest BCUT2D eigenvalue weighted by Crippen LogP contribution is 2.18. The summed E-state index contributed by atoms with van der Waals surface area (Å²) in [7, 11) is 4.07. The van der Waals surface area contributed by atoms with Crippen molar-refractivity contribution in [1.29, 1.82) is 0 Å². The Bertz CT molecular complexity index is 448. The third-order valence-electron chi connectivity index (χ3n) is 3.60. The molecule has 3 nitrogen and oxygen atoms in total. The van der Waals surface area contributed by atoms with Crippen LogP contribution in [0.25, 0.3) is 0 Å². The minimum Gasteiger partial charge on any atom is -0.308 e. The van der Waals surface area contributed by atoms with Gasteiger partial charge in [-0.15, -0.1) is 0 Å². The number of carbonyl (C=O) groups is 1. The lowest BCUT2D eigenvalue weighted by Crippen LogP contribution is -2.40. The number of carbonyl (C=O) groups excluding carboxylic acids is 1. The van der Waals surface area contributed by atoms with Crippen molar-refractivity contribution in [2.45, 2.75) is 18.9 Å². The van der Waals surface area contributed by atoms with Crippen LogP contribution in [0.5, 0.6) is 0 Å². The van der Waals surface area contributed by atoms with Crippen LogP contribution in [0.4, 0.5) is 4.39 Å². The number of rotatable bonds is 5. The Hall–Kier alpha value is -1.26. The first kappa shape index (κ1) is 14.2. The molecular formula is C15H21FN2O. The summed E-state index contributed by atoms with van der Waals surface area (Å²) in [5.74, 6) is -0.542. The molecule has 1 aromatic rings. The van der Waals surface area contributed by atoms with Crippen molar-refractivity contribution >= 4 is 5.78 Å². The summed E-state index contributed by atoms with van der Waals surface area (Å²) < 4.78 is 13.6. The molecule has 2 rings (SSSR count). The Morgan fingerprint density at radius 2 is 2.16 bits per heavy atom. The molecule has 0 aromatic heterocycles. The molecule has 1 aliphatic heterocycles. The molecule has 0 spiro atoms. The van der Waals surface area contributed by atoms with Crippen LogP contribution in [0.2, 0.25) is 0 Å². The maximum absolute atomic E-state index is 13.6. The van der Waals surface area contributed by atoms with E-state index in [-0.39, 0.29) is 11.3 Å². The van der Waals surface area contributed by atoms with E-state index in [4.69, 9.17) is 0 Å². The third kappa shape index (κ3) is 3.61. The van der Waals surface area contributed by atoms with Gasteiger partial charge in [-0.05, 0) is 45.6 Å². The van der Waals surface area contributed by atoms with Crippen LogP contribution < -0.4 is 0 Å². The van der Waals surface area contributed by atoms with Crippen LogP contribution in [0, 0.1) is 5.82 Å². The minimum absolute atomic E-state index is 0.122. The van der Waals surface area contributed by atoms with Gasteiger partial charge in [0.05, 0.1) is 12.1 Å². The maximum atomic E-state index is 13.6. The number of ketones is 1. The number of benzene rings is 1. The van der Waals surface area contributed by atoms with Gasteiger partial charge in [0, 0.05) is 12.6 Å². The van der Waals surface area contributed by atoms with Crippen LogP contribution in [-0.2, 0) is 0 Å². The first-order chi connectivity index (χ1) is 9.08. The smallest absolute Gasteiger partial charge is 0.179 e. The van der Waals surface area contributed by atoms with Crippen molar-refractivity contribution in [1.82, 2.24) is 9.80 Å². The van der Waals surface area contributed by atoms with E-state index in [2.05, 4.69) is 9.80 Å². The van der Waals surface area contributed by atoms with Gasteiger partial charge < -0.3 is 4.90 Å². The molecule has 1 fully saturated rings. The highest BCUT2D eigenvalue weighted by molar-refractivity contribution is 5.97. The van der Waals surface area contributed by atoms with Crippen LogP contribution >= 0.6 is 0 Å². The van der Waals surface area contributed by atoms with Crippen LogP contribution in [-0.4, -0.2) is 55.4 Å². The highest BCUT2D eigenvalue weighted by Gasteiger charge is 2.27. The van der Waals surface area contributed by atoms with Crippen molar-refractivity contribution in [3.63, 3.8) is 0 Å². The first-order valence-corrected chi connectivity index (χ1v) is 6.74. The Kier molecular flexibility index (Phi) is 4.66. The standard InChI is InChI=1S/C15H21FN2O/c1-17(2)10-12-6-5-9-18(12)11-15(19)13-7-3-4-8-14(13)16/h3-4,7-8,12H,5-6,9-11H2,1-2H3. The maximum Gasteiger partial charge on any atom is 0.179 e. The highest BCUT2D eigenvalue weighted by atomic mass is 19.1. The molecule has 1 heterocycles. The number of hydrogen-bond acceptors (Lipinski definition) is 3. The lowest BCUT2D eigenvalue weighted by Gasteiger charge is -2.26. The van der Waals surface area contributed by atoms with Crippen molar-refractivity contribution in [3.05, 3.63) is 35.6 Å². The lowest BCUT2D eigenvalue weighted by atomic mass is 10.1. The summed E-state index contributed by atoms with van der Waals surface area (Å²) in [6.07, 6.45) is 2.23. The first-order valence-electron chi connectivity index (χ1n) is 6.74. The summed E-state index contributed by atoms with van der Waals surface area (Å²) in [4.78, 5) is 16.5. The largest absolute Gasteiger partial charge is 0.308 e. The van der Waals surface area contributed by atoms with Crippen LogP contribution in [0.1, 0.15) is 23.2 Å². The van der Waals surface area contributed by atoms with Crippen molar-refractivity contribution in [2.24, 2.45) is 0 Å². The molecule has 4 heteroatoms. The van der Waals surface area contributed by atoms with Gasteiger partial charge in [0.15, 0.2) is 5.78 Å². The zero-order valence-electron chi connectivity index (χ0n) is 11.6. The van der Waals surface area contributed by atoms with Gasteiger partial charge in [0.2, 0.25) is 0 Å². The molecule has 0 N–H and O–H groups in total. The van der Waals surface area contributed by atoms with Crippen LogP contribution in [0.3, 0.4) is 0 Å². The van der Waals surface area contributed by atoms with E-state index in [0.717, 1.165) is 25.9 Å². The van der Waals surface area contributed by atoms with E-state index >= 15 is 0 Å². The van der Waals surface area contributed by atoms with Gasteiger partial charge in [-0.2, -0.15) is 0 Å². The van der Waals surface area contributed by atoms with Crippen molar-refractivity contribution in [2.75, 3.05) is 33.7 Å². The molecule has 104 valence electrons. The van der Waals surface area contributed by atoms with E-state index in [1.54, 1.807) is 18.2 Å². The quantitative estimate of drug-likeness (QED) is 0.760. The Morgan fingerprint density at radius 1 is 1.42 bits per heavy atom. The monoisotopic (exact) mass is 264 g/mol. The van der Waals surface area contributed by atoms with Gasteiger partial charge >= 0.3 is 0 Å². The Labute approximate surface area is 114 Å². The zero-order valence-corrected chi connectivity index (χ0v) is 11.6. The second-order valence-electron chi connectivity index (χ2n) is 5.43. The fraction of sp³-hybridized carbons (Fsp3) is 0.533. The summed E-state index contributed by atoms with van der Waals surface area (Å²) in [5, 5.41) is 0. The Morgan fingerprint density at radius 3 is 2.84 bits per heavy atom. The molecule has 0 saturated carbocycles. The van der Waals surface area contributed by atoms with E-state index in [1.165, 1.54) is 6.07 Å². The summed E-state index contributed by atoms with van der Waals surface area (Å²) >= 11 is 0. The normalized spacial score (nSPS) is 20.1. The number of likely N-dealkylation sites (tertiary alicyclic amines) is 1. The number of hydrogen-bond donors (Lipinski definition) is 0. The molecule has 1 aromatic carbocycles. The number of Topliss-reactive ketones (excluding diaryl/α,β-unsaturated/α-hetero) is 1. The minimum atomic E-state index is -0.421. The van der Waals surface area contributed by atoms with Crippen LogP contribution in [0.15, 0.2) is 24.3 Å². The fourth-order valence-electron chi connectivity index (χ4n) is 2.69. The summed E-state index contributed by atoms with van der Waals surface area (Å²) in [6.45, 7) is 2.20. The molecule has 19 heavy (non-hydrogen) atoms. The van der Waals surface area contributed by atoms with Gasteiger partial charge in [-0.25, -0.2) is 4.39 Å². The van der Waals surface area contributed by atoms with Gasteiger partial charge in [-0.1, -0.05) is 12.1 Å². The number of nitrogens with zero attached hydrogens (tertiary/aromatic N) is 2. The second kappa shape index (κ2) is 6.26. The number of halogens is 1. The molecule has 0 radical (unpaired) electrons. The zero-order chi connectivity index (χ0) is 13.8. The van der Waals surface area contributed by atoms with E-state index in [1.807, 2.05) is 14.1 Å². The molecular weight excluding hydrogens is 243 g/mol. The summed E-state index contributed by atoms with van der Waals surface area (Å²) in [6, 6.07) is 6.63. The SMILES string of the molecule is CN(C)CC1CCCN1CC(=O)c1ccccc1F.